The van der Waals surface area contributed by atoms with Gasteiger partial charge in [0.15, 0.2) is 11.5 Å². The number of nitrogens with one attached hydrogen (secondary N) is 2. The third-order valence-electron chi connectivity index (χ3n) is 4.62. The summed E-state index contributed by atoms with van der Waals surface area (Å²) in [6, 6.07) is 8.98. The Balaban J connectivity index is 1.20. The molecule has 1 aromatic carbocycles. The van der Waals surface area contributed by atoms with Gasteiger partial charge in [-0.25, -0.2) is 9.78 Å². The average molecular weight is 400 g/mol. The molecule has 2 aliphatic heterocycles. The van der Waals surface area contributed by atoms with E-state index in [-0.39, 0.29) is 12.8 Å². The van der Waals surface area contributed by atoms with Gasteiger partial charge in [0.25, 0.3) is 0 Å². The maximum atomic E-state index is 12.1. The van der Waals surface area contributed by atoms with Gasteiger partial charge in [-0.05, 0) is 18.2 Å². The summed E-state index contributed by atoms with van der Waals surface area (Å²) in [5.74, 6) is 2.94. The van der Waals surface area contributed by atoms with Crippen LogP contribution in [0.5, 0.6) is 17.2 Å². The first-order chi connectivity index (χ1) is 14.3. The molecule has 0 bridgehead atoms. The molecule has 1 fully saturated rings. The van der Waals surface area contributed by atoms with E-state index in [1.807, 2.05) is 18.2 Å². The van der Waals surface area contributed by atoms with Gasteiger partial charge >= 0.3 is 6.03 Å². The van der Waals surface area contributed by atoms with Crippen LogP contribution >= 0.6 is 0 Å². The number of urea groups is 1. The summed E-state index contributed by atoms with van der Waals surface area (Å²) in [6.45, 7) is 4.32. The molecular formula is C20H24N4O5. The zero-order chi connectivity index (χ0) is 19.9. The van der Waals surface area contributed by atoms with Crippen molar-refractivity contribution in [2.75, 3.05) is 51.1 Å². The van der Waals surface area contributed by atoms with Crippen LogP contribution in [0.25, 0.3) is 0 Å². The fraction of sp³-hybridized carbons (Fsp3) is 0.400. The lowest BCUT2D eigenvalue weighted by atomic mass is 10.2. The normalized spacial score (nSPS) is 15.1. The van der Waals surface area contributed by atoms with Crippen molar-refractivity contribution in [1.82, 2.24) is 15.6 Å². The second-order valence-electron chi connectivity index (χ2n) is 6.56. The van der Waals surface area contributed by atoms with Gasteiger partial charge in [0.1, 0.15) is 18.2 Å². The average Bonchev–Trinajstić information content (AvgIpc) is 3.24. The number of amides is 2. The summed E-state index contributed by atoms with van der Waals surface area (Å²) in [6.07, 6.45) is 1.77. The summed E-state index contributed by atoms with van der Waals surface area (Å²) in [4.78, 5) is 18.8. The molecule has 0 aliphatic carbocycles. The molecule has 3 heterocycles. The Bertz CT molecular complexity index is 841. The topological polar surface area (TPSA) is 94.2 Å². The van der Waals surface area contributed by atoms with E-state index in [0.717, 1.165) is 24.5 Å². The number of hydrogen-bond acceptors (Lipinski definition) is 7. The van der Waals surface area contributed by atoms with Gasteiger partial charge in [-0.3, -0.25) is 0 Å². The Labute approximate surface area is 168 Å². The highest BCUT2D eigenvalue weighted by Gasteiger charge is 2.16. The summed E-state index contributed by atoms with van der Waals surface area (Å²) < 4.78 is 21.6. The molecule has 1 saturated heterocycles. The van der Waals surface area contributed by atoms with Crippen molar-refractivity contribution >= 4 is 11.8 Å². The minimum atomic E-state index is -0.254. The van der Waals surface area contributed by atoms with Crippen LogP contribution in [0, 0.1) is 0 Å². The number of aromatic nitrogens is 1. The molecule has 29 heavy (non-hydrogen) atoms. The van der Waals surface area contributed by atoms with Gasteiger partial charge in [0.2, 0.25) is 6.79 Å². The molecule has 9 nitrogen and oxygen atoms in total. The second kappa shape index (κ2) is 9.33. The van der Waals surface area contributed by atoms with Crippen molar-refractivity contribution in [3.63, 3.8) is 0 Å². The van der Waals surface area contributed by atoms with E-state index in [1.54, 1.807) is 18.3 Å². The maximum Gasteiger partial charge on any atom is 0.315 e. The number of hydrogen-bond donors (Lipinski definition) is 2. The molecule has 0 unspecified atom stereocenters. The lowest BCUT2D eigenvalue weighted by Gasteiger charge is -2.29. The van der Waals surface area contributed by atoms with Gasteiger partial charge in [0, 0.05) is 37.5 Å². The van der Waals surface area contributed by atoms with E-state index >= 15 is 0 Å². The van der Waals surface area contributed by atoms with Gasteiger partial charge in [-0.2, -0.15) is 0 Å². The van der Waals surface area contributed by atoms with Crippen molar-refractivity contribution in [2.45, 2.75) is 6.54 Å². The number of fused-ring (bicyclic) bond motifs is 1. The van der Waals surface area contributed by atoms with Crippen LogP contribution in [0.2, 0.25) is 0 Å². The standard InChI is InChI=1S/C20H24N4O5/c25-20(22-6-9-27-16-3-4-17-18(12-16)29-14-28-17)23-13-15-2-1-5-21-19(15)24-7-10-26-11-8-24/h1-5,12H,6-11,13-14H2,(H2,22,23,25). The number of rotatable bonds is 7. The first-order valence-electron chi connectivity index (χ1n) is 9.60. The highest BCUT2D eigenvalue weighted by molar-refractivity contribution is 5.74. The van der Waals surface area contributed by atoms with Gasteiger partial charge in [-0.15, -0.1) is 0 Å². The number of nitrogens with zero attached hydrogens (tertiary/aromatic N) is 2. The summed E-state index contributed by atoms with van der Waals surface area (Å²) in [7, 11) is 0. The smallest absolute Gasteiger partial charge is 0.315 e. The SMILES string of the molecule is O=C(NCCOc1ccc2c(c1)OCO2)NCc1cccnc1N1CCOCC1. The Morgan fingerprint density at radius 2 is 2.00 bits per heavy atom. The number of ether oxygens (including phenoxy) is 4. The lowest BCUT2D eigenvalue weighted by Crippen LogP contribution is -2.39. The molecule has 0 radical (unpaired) electrons. The third kappa shape index (κ3) is 5.00. The molecule has 0 spiro atoms. The van der Waals surface area contributed by atoms with Crippen molar-refractivity contribution in [1.29, 1.82) is 0 Å². The predicted molar refractivity (Wildman–Crippen MR) is 106 cm³/mol. The first kappa shape index (κ1) is 19.1. The number of pyridine rings is 1. The summed E-state index contributed by atoms with van der Waals surface area (Å²) in [5, 5.41) is 5.66. The molecule has 0 saturated carbocycles. The Kier molecular flexibility index (Phi) is 6.16. The quantitative estimate of drug-likeness (QED) is 0.681. The van der Waals surface area contributed by atoms with Crippen LogP contribution < -0.4 is 29.7 Å². The predicted octanol–water partition coefficient (Wildman–Crippen LogP) is 1.53. The number of carbonyl (C=O) groups excluding carboxylic acids is 1. The van der Waals surface area contributed by atoms with Crippen molar-refractivity contribution < 1.29 is 23.7 Å². The van der Waals surface area contributed by atoms with Gasteiger partial charge in [0.05, 0.1) is 19.8 Å². The largest absolute Gasteiger partial charge is 0.492 e. The molecule has 2 aromatic rings. The fourth-order valence-electron chi connectivity index (χ4n) is 3.17. The Morgan fingerprint density at radius 3 is 2.90 bits per heavy atom. The zero-order valence-electron chi connectivity index (χ0n) is 16.1. The van der Waals surface area contributed by atoms with Crippen LogP contribution in [-0.4, -0.2) is 57.3 Å². The van der Waals surface area contributed by atoms with Gasteiger partial charge in [-0.1, -0.05) is 6.07 Å². The van der Waals surface area contributed by atoms with Crippen molar-refractivity contribution in [3.05, 3.63) is 42.1 Å². The number of carbonyl (C=O) groups is 1. The van der Waals surface area contributed by atoms with E-state index in [2.05, 4.69) is 20.5 Å². The van der Waals surface area contributed by atoms with Crippen molar-refractivity contribution in [3.8, 4) is 17.2 Å². The highest BCUT2D eigenvalue weighted by Crippen LogP contribution is 2.34. The van der Waals surface area contributed by atoms with E-state index in [4.69, 9.17) is 18.9 Å². The van der Waals surface area contributed by atoms with E-state index in [9.17, 15) is 4.79 Å². The number of benzene rings is 1. The van der Waals surface area contributed by atoms with Crippen LogP contribution in [0.15, 0.2) is 36.5 Å². The minimum Gasteiger partial charge on any atom is -0.492 e. The summed E-state index contributed by atoms with van der Waals surface area (Å²) >= 11 is 0. The minimum absolute atomic E-state index is 0.227. The zero-order valence-corrected chi connectivity index (χ0v) is 16.1. The molecule has 0 atom stereocenters. The maximum absolute atomic E-state index is 12.1. The van der Waals surface area contributed by atoms with Crippen LogP contribution in [0.4, 0.5) is 10.6 Å². The third-order valence-corrected chi connectivity index (χ3v) is 4.62. The van der Waals surface area contributed by atoms with E-state index < -0.39 is 0 Å². The molecule has 9 heteroatoms. The van der Waals surface area contributed by atoms with Gasteiger partial charge < -0.3 is 34.5 Å². The van der Waals surface area contributed by atoms with E-state index in [1.165, 1.54) is 0 Å². The second-order valence-corrected chi connectivity index (χ2v) is 6.56. The Morgan fingerprint density at radius 1 is 1.14 bits per heavy atom. The molecule has 2 N–H and O–H groups in total. The fourth-order valence-corrected chi connectivity index (χ4v) is 3.17. The van der Waals surface area contributed by atoms with E-state index in [0.29, 0.717) is 50.2 Å². The highest BCUT2D eigenvalue weighted by atomic mass is 16.7. The summed E-state index contributed by atoms with van der Waals surface area (Å²) in [5.41, 5.74) is 0.973. The Hall–Kier alpha value is -3.20. The van der Waals surface area contributed by atoms with Crippen LogP contribution in [0.1, 0.15) is 5.56 Å². The molecule has 154 valence electrons. The van der Waals surface area contributed by atoms with Crippen LogP contribution in [-0.2, 0) is 11.3 Å². The monoisotopic (exact) mass is 400 g/mol. The molecule has 2 amide bonds. The first-order valence-corrected chi connectivity index (χ1v) is 9.60. The molecule has 4 rings (SSSR count). The molecular weight excluding hydrogens is 376 g/mol. The van der Waals surface area contributed by atoms with Crippen LogP contribution in [0.3, 0.4) is 0 Å². The van der Waals surface area contributed by atoms with Crippen molar-refractivity contribution in [2.24, 2.45) is 0 Å². The number of anilines is 1. The molecule has 1 aromatic heterocycles. The molecule has 2 aliphatic rings. The number of morpholine rings is 1. The lowest BCUT2D eigenvalue weighted by molar-refractivity contribution is 0.122.